The van der Waals surface area contributed by atoms with Gasteiger partial charge in [-0.3, -0.25) is 0 Å². The van der Waals surface area contributed by atoms with Gasteiger partial charge in [0.1, 0.15) is 5.82 Å². The molecule has 1 aromatic heterocycles. The van der Waals surface area contributed by atoms with Crippen LogP contribution in [0, 0.1) is 6.92 Å². The van der Waals surface area contributed by atoms with E-state index >= 15 is 0 Å². The molecule has 0 saturated heterocycles. The fraction of sp³-hybridized carbons (Fsp3) is 0.500. The van der Waals surface area contributed by atoms with Crippen LogP contribution in [0.1, 0.15) is 30.9 Å². The summed E-state index contributed by atoms with van der Waals surface area (Å²) < 4.78 is 0. The van der Waals surface area contributed by atoms with Crippen molar-refractivity contribution in [2.24, 2.45) is 5.73 Å². The van der Waals surface area contributed by atoms with Gasteiger partial charge in [-0.15, -0.1) is 0 Å². The molecule has 0 aliphatic carbocycles. The second kappa shape index (κ2) is 3.44. The maximum atomic E-state index is 5.77. The zero-order valence-corrected chi connectivity index (χ0v) is 6.91. The molecule has 1 aromatic rings. The average molecular weight is 151 g/mol. The summed E-state index contributed by atoms with van der Waals surface area (Å²) in [7, 11) is 0. The molecular weight excluding hydrogens is 138 g/mol. The van der Waals surface area contributed by atoms with E-state index < -0.39 is 0 Å². The van der Waals surface area contributed by atoms with Gasteiger partial charge in [0, 0.05) is 12.2 Å². The zero-order valence-electron chi connectivity index (χ0n) is 6.91. The lowest BCUT2D eigenvalue weighted by atomic mass is 10.2. The van der Waals surface area contributed by atoms with Gasteiger partial charge in [-0.05, 0) is 19.4 Å². The maximum absolute atomic E-state index is 5.77. The number of aryl methyl sites for hydroxylation is 1. The number of hydrogen-bond acceptors (Lipinski definition) is 3. The van der Waals surface area contributed by atoms with E-state index in [1.165, 1.54) is 0 Å². The quantitative estimate of drug-likeness (QED) is 0.690. The van der Waals surface area contributed by atoms with Crippen molar-refractivity contribution in [3.8, 4) is 0 Å². The van der Waals surface area contributed by atoms with E-state index in [0.717, 1.165) is 17.9 Å². The molecule has 0 saturated carbocycles. The second-order valence-electron chi connectivity index (χ2n) is 2.54. The third kappa shape index (κ3) is 1.98. The van der Waals surface area contributed by atoms with E-state index in [1.807, 2.05) is 19.9 Å². The van der Waals surface area contributed by atoms with Gasteiger partial charge >= 0.3 is 0 Å². The number of hydrogen-bond donors (Lipinski definition) is 1. The van der Waals surface area contributed by atoms with Crippen molar-refractivity contribution in [3.05, 3.63) is 23.8 Å². The molecule has 11 heavy (non-hydrogen) atoms. The highest BCUT2D eigenvalue weighted by Crippen LogP contribution is 2.08. The first-order chi connectivity index (χ1) is 5.24. The highest BCUT2D eigenvalue weighted by molar-refractivity contribution is 5.05. The SMILES string of the molecule is CC[C@H](N)c1ccnc(C)n1. The monoisotopic (exact) mass is 151 g/mol. The van der Waals surface area contributed by atoms with E-state index in [9.17, 15) is 0 Å². The first kappa shape index (κ1) is 8.14. The summed E-state index contributed by atoms with van der Waals surface area (Å²) in [4.78, 5) is 8.20. The number of rotatable bonds is 2. The van der Waals surface area contributed by atoms with Gasteiger partial charge in [-0.1, -0.05) is 6.92 Å². The molecule has 0 aliphatic heterocycles. The van der Waals surface area contributed by atoms with E-state index in [1.54, 1.807) is 6.20 Å². The highest BCUT2D eigenvalue weighted by atomic mass is 14.9. The Morgan fingerprint density at radius 2 is 2.36 bits per heavy atom. The van der Waals surface area contributed by atoms with Gasteiger partial charge in [0.05, 0.1) is 5.69 Å². The second-order valence-corrected chi connectivity index (χ2v) is 2.54. The Hall–Kier alpha value is -0.960. The average Bonchev–Trinajstić information content (AvgIpc) is 2.03. The van der Waals surface area contributed by atoms with Crippen LogP contribution < -0.4 is 5.73 Å². The molecule has 0 aliphatic rings. The van der Waals surface area contributed by atoms with Crippen LogP contribution in [0.4, 0.5) is 0 Å². The van der Waals surface area contributed by atoms with Crippen molar-refractivity contribution < 1.29 is 0 Å². The first-order valence-corrected chi connectivity index (χ1v) is 3.79. The van der Waals surface area contributed by atoms with E-state index in [4.69, 9.17) is 5.73 Å². The van der Waals surface area contributed by atoms with Crippen molar-refractivity contribution in [3.63, 3.8) is 0 Å². The van der Waals surface area contributed by atoms with Crippen LogP contribution in [-0.2, 0) is 0 Å². The Balaban J connectivity index is 2.86. The van der Waals surface area contributed by atoms with Crippen LogP contribution in [0.5, 0.6) is 0 Å². The Morgan fingerprint density at radius 1 is 1.64 bits per heavy atom. The number of nitrogens with two attached hydrogens (primary N) is 1. The Morgan fingerprint density at radius 3 is 2.91 bits per heavy atom. The molecule has 2 N–H and O–H groups in total. The van der Waals surface area contributed by atoms with Crippen LogP contribution in [0.2, 0.25) is 0 Å². The van der Waals surface area contributed by atoms with E-state index in [2.05, 4.69) is 9.97 Å². The van der Waals surface area contributed by atoms with Crippen molar-refractivity contribution in [2.75, 3.05) is 0 Å². The summed E-state index contributed by atoms with van der Waals surface area (Å²) in [6.07, 6.45) is 2.66. The highest BCUT2D eigenvalue weighted by Gasteiger charge is 2.03. The molecule has 0 aromatic carbocycles. The van der Waals surface area contributed by atoms with Crippen LogP contribution in [0.25, 0.3) is 0 Å². The normalized spacial score (nSPS) is 13.0. The molecule has 1 atom stereocenters. The molecule has 3 nitrogen and oxygen atoms in total. The van der Waals surface area contributed by atoms with Gasteiger partial charge in [0.15, 0.2) is 0 Å². The minimum absolute atomic E-state index is 0.0525. The predicted molar refractivity (Wildman–Crippen MR) is 44.0 cm³/mol. The fourth-order valence-corrected chi connectivity index (χ4v) is 0.890. The van der Waals surface area contributed by atoms with Gasteiger partial charge in [0.2, 0.25) is 0 Å². The van der Waals surface area contributed by atoms with Crippen molar-refractivity contribution in [1.29, 1.82) is 0 Å². The lowest BCUT2D eigenvalue weighted by Crippen LogP contribution is -2.11. The molecular formula is C8H13N3. The summed E-state index contributed by atoms with van der Waals surface area (Å²) in [6.45, 7) is 3.91. The van der Waals surface area contributed by atoms with Crippen molar-refractivity contribution in [2.45, 2.75) is 26.3 Å². The molecule has 60 valence electrons. The van der Waals surface area contributed by atoms with Crippen LogP contribution in [-0.4, -0.2) is 9.97 Å². The number of aromatic nitrogens is 2. The molecule has 0 fully saturated rings. The van der Waals surface area contributed by atoms with Gasteiger partial charge in [-0.25, -0.2) is 9.97 Å². The topological polar surface area (TPSA) is 51.8 Å². The molecule has 1 rings (SSSR count). The maximum Gasteiger partial charge on any atom is 0.125 e. The molecule has 0 bridgehead atoms. The molecule has 0 spiro atoms. The van der Waals surface area contributed by atoms with Crippen LogP contribution in [0.15, 0.2) is 12.3 Å². The first-order valence-electron chi connectivity index (χ1n) is 3.79. The minimum Gasteiger partial charge on any atom is -0.323 e. The smallest absolute Gasteiger partial charge is 0.125 e. The van der Waals surface area contributed by atoms with Crippen molar-refractivity contribution in [1.82, 2.24) is 9.97 Å². The number of nitrogens with zero attached hydrogens (tertiary/aromatic N) is 2. The summed E-state index contributed by atoms with van der Waals surface area (Å²) in [6, 6.07) is 1.91. The fourth-order valence-electron chi connectivity index (χ4n) is 0.890. The van der Waals surface area contributed by atoms with E-state index in [0.29, 0.717) is 0 Å². The summed E-state index contributed by atoms with van der Waals surface area (Å²) in [5, 5.41) is 0. The van der Waals surface area contributed by atoms with Crippen molar-refractivity contribution >= 4 is 0 Å². The standard InChI is InChI=1S/C8H13N3/c1-3-7(9)8-4-5-10-6(2)11-8/h4-5,7H,3,9H2,1-2H3/t7-/m0/s1. The van der Waals surface area contributed by atoms with Crippen LogP contribution in [0.3, 0.4) is 0 Å². The lowest BCUT2D eigenvalue weighted by Gasteiger charge is -2.06. The van der Waals surface area contributed by atoms with E-state index in [-0.39, 0.29) is 6.04 Å². The minimum atomic E-state index is 0.0525. The third-order valence-electron chi connectivity index (χ3n) is 1.62. The third-order valence-corrected chi connectivity index (χ3v) is 1.62. The Kier molecular flexibility index (Phi) is 2.54. The van der Waals surface area contributed by atoms with Gasteiger partial charge in [0.25, 0.3) is 0 Å². The largest absolute Gasteiger partial charge is 0.323 e. The Bertz CT molecular complexity index is 235. The van der Waals surface area contributed by atoms with Gasteiger partial charge in [-0.2, -0.15) is 0 Å². The Labute approximate surface area is 66.7 Å². The molecule has 3 heteroatoms. The predicted octanol–water partition coefficient (Wildman–Crippen LogP) is 1.19. The molecule has 0 unspecified atom stereocenters. The summed E-state index contributed by atoms with van der Waals surface area (Å²) >= 11 is 0. The van der Waals surface area contributed by atoms with Crippen LogP contribution >= 0.6 is 0 Å². The summed E-state index contributed by atoms with van der Waals surface area (Å²) in [5.74, 6) is 0.784. The molecule has 0 amide bonds. The summed E-state index contributed by atoms with van der Waals surface area (Å²) in [5.41, 5.74) is 6.70. The molecule has 0 radical (unpaired) electrons. The zero-order chi connectivity index (χ0) is 8.27. The molecule has 1 heterocycles. The van der Waals surface area contributed by atoms with Gasteiger partial charge < -0.3 is 5.73 Å². The lowest BCUT2D eigenvalue weighted by molar-refractivity contribution is 0.668.